The van der Waals surface area contributed by atoms with Crippen molar-refractivity contribution < 1.29 is 4.39 Å². The summed E-state index contributed by atoms with van der Waals surface area (Å²) in [6.07, 6.45) is 2.48. The molecule has 1 N–H and O–H groups in total. The lowest BCUT2D eigenvalue weighted by Crippen LogP contribution is -2.44. The van der Waals surface area contributed by atoms with E-state index in [0.717, 1.165) is 31.2 Å². The number of likely N-dealkylation sites (tertiary alicyclic amines) is 1. The summed E-state index contributed by atoms with van der Waals surface area (Å²) in [6, 6.07) is 6.75. The summed E-state index contributed by atoms with van der Waals surface area (Å²) < 4.78 is 13.0. The lowest BCUT2D eigenvalue weighted by Gasteiger charge is -2.29. The first-order chi connectivity index (χ1) is 9.53. The van der Waals surface area contributed by atoms with Gasteiger partial charge in [-0.15, -0.1) is 24.0 Å². The fourth-order valence-corrected chi connectivity index (χ4v) is 2.56. The van der Waals surface area contributed by atoms with E-state index >= 15 is 0 Å². The summed E-state index contributed by atoms with van der Waals surface area (Å²) >= 11 is 0. The Balaban J connectivity index is 0.00000220. The average Bonchev–Trinajstić information content (AvgIpc) is 2.94. The van der Waals surface area contributed by atoms with Crippen LogP contribution in [0.3, 0.4) is 0 Å². The van der Waals surface area contributed by atoms with E-state index < -0.39 is 0 Å². The second kappa shape index (κ2) is 7.96. The minimum atomic E-state index is -0.189. The number of nitrogens with one attached hydrogen (secondary N) is 1. The van der Waals surface area contributed by atoms with Crippen molar-refractivity contribution in [2.45, 2.75) is 32.1 Å². The van der Waals surface area contributed by atoms with Crippen molar-refractivity contribution >= 4 is 29.9 Å². The van der Waals surface area contributed by atoms with E-state index in [1.54, 1.807) is 0 Å². The predicted octanol–water partition coefficient (Wildman–Crippen LogP) is 3.39. The minimum Gasteiger partial charge on any atom is -0.355 e. The third kappa shape index (κ3) is 4.83. The molecule has 0 aliphatic carbocycles. The lowest BCUT2D eigenvalue weighted by atomic mass is 9.84. The standard InChI is InChI=1S/C16H24FN3.HI/c1-16(2,13-6-8-14(17)9-7-13)12-19-15(18-3)20-10-4-5-11-20;/h6-9H,4-5,10-12H2,1-3H3,(H,18,19);1H. The summed E-state index contributed by atoms with van der Waals surface area (Å²) in [5, 5.41) is 3.45. The minimum absolute atomic E-state index is 0. The fraction of sp³-hybridized carbons (Fsp3) is 0.562. The first-order valence-corrected chi connectivity index (χ1v) is 7.24. The van der Waals surface area contributed by atoms with E-state index in [4.69, 9.17) is 0 Å². The highest BCUT2D eigenvalue weighted by Crippen LogP contribution is 2.22. The van der Waals surface area contributed by atoms with Crippen LogP contribution in [0.4, 0.5) is 4.39 Å². The van der Waals surface area contributed by atoms with Gasteiger partial charge in [-0.1, -0.05) is 26.0 Å². The fourth-order valence-electron chi connectivity index (χ4n) is 2.56. The van der Waals surface area contributed by atoms with Gasteiger partial charge in [0.05, 0.1) is 0 Å². The zero-order chi connectivity index (χ0) is 14.6. The molecule has 0 amide bonds. The molecule has 0 bridgehead atoms. The quantitative estimate of drug-likeness (QED) is 0.474. The average molecular weight is 405 g/mol. The highest BCUT2D eigenvalue weighted by molar-refractivity contribution is 14.0. The molecular formula is C16H25FIN3. The summed E-state index contributed by atoms with van der Waals surface area (Å²) in [7, 11) is 1.82. The van der Waals surface area contributed by atoms with E-state index in [9.17, 15) is 4.39 Å². The Morgan fingerprint density at radius 1 is 1.24 bits per heavy atom. The molecule has 1 heterocycles. The summed E-state index contributed by atoms with van der Waals surface area (Å²) in [5.74, 6) is 0.781. The monoisotopic (exact) mass is 405 g/mol. The number of halogens is 2. The lowest BCUT2D eigenvalue weighted by molar-refractivity contribution is 0.458. The molecule has 0 unspecified atom stereocenters. The van der Waals surface area contributed by atoms with Gasteiger partial charge in [0.2, 0.25) is 0 Å². The molecule has 0 saturated carbocycles. The van der Waals surface area contributed by atoms with Crippen molar-refractivity contribution in [2.24, 2.45) is 4.99 Å². The number of benzene rings is 1. The summed E-state index contributed by atoms with van der Waals surface area (Å²) in [4.78, 5) is 6.64. The molecule has 5 heteroatoms. The van der Waals surface area contributed by atoms with Crippen LogP contribution in [-0.4, -0.2) is 37.5 Å². The van der Waals surface area contributed by atoms with Gasteiger partial charge in [-0.25, -0.2) is 4.39 Å². The van der Waals surface area contributed by atoms with Gasteiger partial charge in [0.15, 0.2) is 5.96 Å². The molecule has 1 aromatic rings. The Morgan fingerprint density at radius 2 is 1.81 bits per heavy atom. The van der Waals surface area contributed by atoms with Crippen molar-refractivity contribution in [2.75, 3.05) is 26.7 Å². The van der Waals surface area contributed by atoms with E-state index in [1.807, 2.05) is 19.2 Å². The van der Waals surface area contributed by atoms with Crippen molar-refractivity contribution in [1.82, 2.24) is 10.2 Å². The van der Waals surface area contributed by atoms with Gasteiger partial charge >= 0.3 is 0 Å². The van der Waals surface area contributed by atoms with E-state index in [0.29, 0.717) is 0 Å². The topological polar surface area (TPSA) is 27.6 Å². The second-order valence-electron chi connectivity index (χ2n) is 5.99. The van der Waals surface area contributed by atoms with E-state index in [1.165, 1.54) is 25.0 Å². The van der Waals surface area contributed by atoms with Crippen LogP contribution < -0.4 is 5.32 Å². The SMILES string of the molecule is CN=C(NCC(C)(C)c1ccc(F)cc1)N1CCCC1.I. The van der Waals surface area contributed by atoms with E-state index in [2.05, 4.69) is 29.1 Å². The Morgan fingerprint density at radius 3 is 2.33 bits per heavy atom. The second-order valence-corrected chi connectivity index (χ2v) is 5.99. The van der Waals surface area contributed by atoms with Crippen LogP contribution in [0.15, 0.2) is 29.3 Å². The van der Waals surface area contributed by atoms with Crippen molar-refractivity contribution in [3.8, 4) is 0 Å². The molecular weight excluding hydrogens is 380 g/mol. The first-order valence-electron chi connectivity index (χ1n) is 7.24. The number of rotatable bonds is 3. The maximum atomic E-state index is 13.0. The number of hydrogen-bond acceptors (Lipinski definition) is 1. The molecule has 1 aliphatic rings. The van der Waals surface area contributed by atoms with Crippen molar-refractivity contribution in [3.63, 3.8) is 0 Å². The molecule has 3 nitrogen and oxygen atoms in total. The van der Waals surface area contributed by atoms with Crippen LogP contribution in [-0.2, 0) is 5.41 Å². The number of hydrogen-bond donors (Lipinski definition) is 1. The zero-order valence-corrected chi connectivity index (χ0v) is 15.4. The molecule has 0 atom stereocenters. The van der Waals surface area contributed by atoms with Crippen LogP contribution in [0.25, 0.3) is 0 Å². The molecule has 1 aromatic carbocycles. The van der Waals surface area contributed by atoms with Crippen LogP contribution in [0.5, 0.6) is 0 Å². The number of nitrogens with zero attached hydrogens (tertiary/aromatic N) is 2. The zero-order valence-electron chi connectivity index (χ0n) is 13.0. The Kier molecular flexibility index (Phi) is 6.90. The smallest absolute Gasteiger partial charge is 0.193 e. The van der Waals surface area contributed by atoms with Crippen LogP contribution >= 0.6 is 24.0 Å². The molecule has 1 aliphatic heterocycles. The largest absolute Gasteiger partial charge is 0.355 e. The number of aliphatic imine (C=N–C) groups is 1. The third-order valence-corrected chi connectivity index (χ3v) is 3.93. The molecule has 21 heavy (non-hydrogen) atoms. The number of guanidine groups is 1. The predicted molar refractivity (Wildman–Crippen MR) is 97.0 cm³/mol. The molecule has 0 aromatic heterocycles. The molecule has 118 valence electrons. The van der Waals surface area contributed by atoms with Gasteiger partial charge in [0.25, 0.3) is 0 Å². The van der Waals surface area contributed by atoms with Crippen molar-refractivity contribution in [3.05, 3.63) is 35.6 Å². The highest BCUT2D eigenvalue weighted by atomic mass is 127. The Hall–Kier alpha value is -0.850. The maximum absolute atomic E-state index is 13.0. The van der Waals surface area contributed by atoms with Crippen LogP contribution in [0.1, 0.15) is 32.3 Å². The Labute approximate surface area is 144 Å². The molecule has 0 spiro atoms. The molecule has 1 saturated heterocycles. The highest BCUT2D eigenvalue weighted by Gasteiger charge is 2.23. The normalized spacial score (nSPS) is 15.8. The van der Waals surface area contributed by atoms with Gasteiger partial charge in [0.1, 0.15) is 5.82 Å². The van der Waals surface area contributed by atoms with Gasteiger partial charge in [-0.3, -0.25) is 4.99 Å². The molecule has 1 fully saturated rings. The Bertz CT molecular complexity index is 465. The van der Waals surface area contributed by atoms with Gasteiger partial charge < -0.3 is 10.2 Å². The van der Waals surface area contributed by atoms with Gasteiger partial charge in [-0.05, 0) is 30.5 Å². The van der Waals surface area contributed by atoms with Gasteiger partial charge in [0, 0.05) is 32.1 Å². The summed E-state index contributed by atoms with van der Waals surface area (Å²) in [6.45, 7) is 7.25. The summed E-state index contributed by atoms with van der Waals surface area (Å²) in [5.41, 5.74) is 1.06. The first kappa shape index (κ1) is 18.2. The van der Waals surface area contributed by atoms with Gasteiger partial charge in [-0.2, -0.15) is 0 Å². The molecule has 2 rings (SSSR count). The van der Waals surface area contributed by atoms with E-state index in [-0.39, 0.29) is 35.2 Å². The third-order valence-electron chi connectivity index (χ3n) is 3.93. The maximum Gasteiger partial charge on any atom is 0.193 e. The molecule has 0 radical (unpaired) electrons. The van der Waals surface area contributed by atoms with Crippen LogP contribution in [0.2, 0.25) is 0 Å². The van der Waals surface area contributed by atoms with Crippen LogP contribution in [0, 0.1) is 5.82 Å². The van der Waals surface area contributed by atoms with Crippen molar-refractivity contribution in [1.29, 1.82) is 0 Å².